The summed E-state index contributed by atoms with van der Waals surface area (Å²) in [5, 5.41) is 10.2. The van der Waals surface area contributed by atoms with Crippen LogP contribution in [0.1, 0.15) is 11.4 Å². The zero-order chi connectivity index (χ0) is 10.2. The molecule has 14 heavy (non-hydrogen) atoms. The molecule has 7 heteroatoms. The number of halogens is 3. The standard InChI is InChI=1S/C7H9F3N4/c8-7(9,10)4-14-6-3-11-2-1-5(6)12-13-14/h11H,1-4H2. The molecule has 0 unspecified atom stereocenters. The molecule has 0 spiro atoms. The molecule has 0 amide bonds. The predicted molar refractivity (Wildman–Crippen MR) is 41.5 cm³/mol. The second kappa shape index (κ2) is 3.23. The van der Waals surface area contributed by atoms with E-state index in [0.29, 0.717) is 24.4 Å². The van der Waals surface area contributed by atoms with Crippen molar-refractivity contribution in [2.24, 2.45) is 0 Å². The van der Waals surface area contributed by atoms with Crippen LogP contribution in [-0.4, -0.2) is 27.7 Å². The number of fused-ring (bicyclic) bond motifs is 1. The number of nitrogens with zero attached hydrogens (tertiary/aromatic N) is 3. The van der Waals surface area contributed by atoms with Gasteiger partial charge in [0.15, 0.2) is 0 Å². The van der Waals surface area contributed by atoms with Crippen LogP contribution in [0.25, 0.3) is 0 Å². The van der Waals surface area contributed by atoms with Gasteiger partial charge in [-0.15, -0.1) is 5.10 Å². The quantitative estimate of drug-likeness (QED) is 0.727. The summed E-state index contributed by atoms with van der Waals surface area (Å²) >= 11 is 0. The first-order valence-corrected chi connectivity index (χ1v) is 4.25. The Bertz CT molecular complexity index is 330. The summed E-state index contributed by atoms with van der Waals surface area (Å²) in [5.74, 6) is 0. The summed E-state index contributed by atoms with van der Waals surface area (Å²) in [4.78, 5) is 0. The van der Waals surface area contributed by atoms with Gasteiger partial charge < -0.3 is 5.32 Å². The summed E-state index contributed by atoms with van der Waals surface area (Å²) < 4.78 is 37.2. The Morgan fingerprint density at radius 2 is 2.21 bits per heavy atom. The monoisotopic (exact) mass is 206 g/mol. The third kappa shape index (κ3) is 1.87. The van der Waals surface area contributed by atoms with E-state index in [4.69, 9.17) is 0 Å². The number of hydrogen-bond acceptors (Lipinski definition) is 3. The van der Waals surface area contributed by atoms with Crippen molar-refractivity contribution in [3.05, 3.63) is 11.4 Å². The highest BCUT2D eigenvalue weighted by Gasteiger charge is 2.31. The molecule has 0 atom stereocenters. The largest absolute Gasteiger partial charge is 0.408 e. The van der Waals surface area contributed by atoms with Crippen molar-refractivity contribution in [2.75, 3.05) is 6.54 Å². The van der Waals surface area contributed by atoms with Gasteiger partial charge in [0.05, 0.1) is 11.4 Å². The molecule has 0 aliphatic carbocycles. The van der Waals surface area contributed by atoms with E-state index >= 15 is 0 Å². The number of alkyl halides is 3. The minimum atomic E-state index is -4.24. The first-order valence-electron chi connectivity index (χ1n) is 4.25. The lowest BCUT2D eigenvalue weighted by Gasteiger charge is -2.14. The second-order valence-electron chi connectivity index (χ2n) is 3.18. The van der Waals surface area contributed by atoms with E-state index in [9.17, 15) is 13.2 Å². The van der Waals surface area contributed by atoms with E-state index in [1.165, 1.54) is 0 Å². The maximum Gasteiger partial charge on any atom is 0.408 e. The first-order chi connectivity index (χ1) is 6.56. The van der Waals surface area contributed by atoms with Gasteiger partial charge in [-0.3, -0.25) is 0 Å². The molecule has 1 N–H and O–H groups in total. The van der Waals surface area contributed by atoms with Gasteiger partial charge in [0.25, 0.3) is 0 Å². The Balaban J connectivity index is 2.22. The molecule has 1 aliphatic heterocycles. The SMILES string of the molecule is FC(F)(F)Cn1nnc2c1CNCC2. The van der Waals surface area contributed by atoms with Gasteiger partial charge in [0.1, 0.15) is 6.54 Å². The Hall–Kier alpha value is -1.11. The molecular weight excluding hydrogens is 197 g/mol. The van der Waals surface area contributed by atoms with Crippen LogP contribution in [0, 0.1) is 0 Å². The average molecular weight is 206 g/mol. The van der Waals surface area contributed by atoms with Crippen LogP contribution >= 0.6 is 0 Å². The van der Waals surface area contributed by atoms with E-state index in [2.05, 4.69) is 15.6 Å². The topological polar surface area (TPSA) is 42.7 Å². The van der Waals surface area contributed by atoms with Gasteiger partial charge >= 0.3 is 6.18 Å². The van der Waals surface area contributed by atoms with Gasteiger partial charge in [-0.25, -0.2) is 4.68 Å². The normalized spacial score (nSPS) is 16.8. The van der Waals surface area contributed by atoms with Crippen molar-refractivity contribution >= 4 is 0 Å². The fourth-order valence-corrected chi connectivity index (χ4v) is 1.47. The maximum atomic E-state index is 12.1. The lowest BCUT2D eigenvalue weighted by molar-refractivity contribution is -0.143. The van der Waals surface area contributed by atoms with E-state index in [1.54, 1.807) is 0 Å². The number of aromatic nitrogens is 3. The first kappa shape index (κ1) is 9.45. The molecule has 1 aromatic rings. The second-order valence-corrected chi connectivity index (χ2v) is 3.18. The van der Waals surface area contributed by atoms with Crippen LogP contribution in [0.15, 0.2) is 0 Å². The minimum absolute atomic E-state index is 0.415. The molecule has 0 radical (unpaired) electrons. The Kier molecular flexibility index (Phi) is 2.18. The lowest BCUT2D eigenvalue weighted by Crippen LogP contribution is -2.28. The molecule has 0 aromatic carbocycles. The molecule has 2 rings (SSSR count). The van der Waals surface area contributed by atoms with Crippen molar-refractivity contribution in [2.45, 2.75) is 25.7 Å². The fourth-order valence-electron chi connectivity index (χ4n) is 1.47. The number of nitrogens with one attached hydrogen (secondary N) is 1. The van der Waals surface area contributed by atoms with Gasteiger partial charge in [0, 0.05) is 19.5 Å². The van der Waals surface area contributed by atoms with Crippen molar-refractivity contribution < 1.29 is 13.2 Å². The smallest absolute Gasteiger partial charge is 0.311 e. The molecule has 2 heterocycles. The third-order valence-corrected chi connectivity index (χ3v) is 2.08. The van der Waals surface area contributed by atoms with Crippen LogP contribution in [0.2, 0.25) is 0 Å². The van der Waals surface area contributed by atoms with Crippen molar-refractivity contribution in [3.63, 3.8) is 0 Å². The van der Waals surface area contributed by atoms with Crippen LogP contribution in [0.5, 0.6) is 0 Å². The number of rotatable bonds is 1. The summed E-state index contributed by atoms with van der Waals surface area (Å²) in [5.41, 5.74) is 1.22. The third-order valence-electron chi connectivity index (χ3n) is 2.08. The molecule has 1 aromatic heterocycles. The van der Waals surface area contributed by atoms with Crippen molar-refractivity contribution in [1.82, 2.24) is 20.3 Å². The van der Waals surface area contributed by atoms with Crippen LogP contribution < -0.4 is 5.32 Å². The molecule has 78 valence electrons. The molecule has 0 saturated carbocycles. The van der Waals surface area contributed by atoms with Crippen LogP contribution in [0.3, 0.4) is 0 Å². The highest BCUT2D eigenvalue weighted by atomic mass is 19.4. The molecule has 0 fully saturated rings. The number of hydrogen-bond donors (Lipinski definition) is 1. The summed E-state index contributed by atoms with van der Waals surface area (Å²) in [7, 11) is 0. The average Bonchev–Trinajstić information content (AvgIpc) is 2.47. The van der Waals surface area contributed by atoms with Crippen molar-refractivity contribution in [1.29, 1.82) is 0 Å². The Morgan fingerprint density at radius 3 is 2.93 bits per heavy atom. The van der Waals surface area contributed by atoms with Crippen LogP contribution in [0.4, 0.5) is 13.2 Å². The molecule has 0 bridgehead atoms. The molecular formula is C7H9F3N4. The van der Waals surface area contributed by atoms with Gasteiger partial charge in [-0.05, 0) is 0 Å². The minimum Gasteiger partial charge on any atom is -0.311 e. The maximum absolute atomic E-state index is 12.1. The highest BCUT2D eigenvalue weighted by molar-refractivity contribution is 5.13. The van der Waals surface area contributed by atoms with E-state index in [-0.39, 0.29) is 0 Å². The lowest BCUT2D eigenvalue weighted by atomic mass is 10.2. The Labute approximate surface area is 78.1 Å². The summed E-state index contributed by atoms with van der Waals surface area (Å²) in [6.07, 6.45) is -3.59. The van der Waals surface area contributed by atoms with Gasteiger partial charge in [0.2, 0.25) is 0 Å². The van der Waals surface area contributed by atoms with Gasteiger partial charge in [-0.1, -0.05) is 5.21 Å². The summed E-state index contributed by atoms with van der Waals surface area (Å²) in [6, 6.07) is 0. The Morgan fingerprint density at radius 1 is 1.43 bits per heavy atom. The molecule has 1 aliphatic rings. The van der Waals surface area contributed by atoms with E-state index in [1.807, 2.05) is 0 Å². The predicted octanol–water partition coefficient (Wildman–Crippen LogP) is 0.486. The molecule has 0 saturated heterocycles. The zero-order valence-corrected chi connectivity index (χ0v) is 7.30. The van der Waals surface area contributed by atoms with E-state index < -0.39 is 12.7 Å². The zero-order valence-electron chi connectivity index (χ0n) is 7.30. The molecule has 4 nitrogen and oxygen atoms in total. The van der Waals surface area contributed by atoms with E-state index in [0.717, 1.165) is 11.2 Å². The fraction of sp³-hybridized carbons (Fsp3) is 0.714. The van der Waals surface area contributed by atoms with Crippen LogP contribution in [-0.2, 0) is 19.5 Å². The highest BCUT2D eigenvalue weighted by Crippen LogP contribution is 2.19. The summed E-state index contributed by atoms with van der Waals surface area (Å²) in [6.45, 7) is 0.104. The van der Waals surface area contributed by atoms with Gasteiger partial charge in [-0.2, -0.15) is 13.2 Å². The van der Waals surface area contributed by atoms with Crippen molar-refractivity contribution in [3.8, 4) is 0 Å².